The van der Waals surface area contributed by atoms with Crippen molar-refractivity contribution in [2.24, 2.45) is 7.05 Å². The second-order valence-electron chi connectivity index (χ2n) is 3.10. The molecule has 14 heavy (non-hydrogen) atoms. The van der Waals surface area contributed by atoms with Gasteiger partial charge in [-0.25, -0.2) is 0 Å². The van der Waals surface area contributed by atoms with E-state index in [9.17, 15) is 4.79 Å². The molecule has 0 spiro atoms. The van der Waals surface area contributed by atoms with Gasteiger partial charge in [0.25, 0.3) is 0 Å². The van der Waals surface area contributed by atoms with Crippen molar-refractivity contribution in [2.75, 3.05) is 0 Å². The van der Waals surface area contributed by atoms with Crippen molar-refractivity contribution in [2.45, 2.75) is 6.42 Å². The number of carbonyl (C=O) groups excluding carboxylic acids is 1. The molecule has 2 aromatic heterocycles. The minimum Gasteiger partial charge on any atom is -0.461 e. The van der Waals surface area contributed by atoms with Crippen LogP contribution in [-0.4, -0.2) is 15.6 Å². The molecular formula is C10H10N2O2. The van der Waals surface area contributed by atoms with Gasteiger partial charge in [0.1, 0.15) is 0 Å². The molecule has 72 valence electrons. The summed E-state index contributed by atoms with van der Waals surface area (Å²) in [4.78, 5) is 11.6. The van der Waals surface area contributed by atoms with Crippen LogP contribution in [0.5, 0.6) is 0 Å². The van der Waals surface area contributed by atoms with Gasteiger partial charge < -0.3 is 4.42 Å². The predicted molar refractivity (Wildman–Crippen MR) is 50.0 cm³/mol. The molecule has 2 aromatic rings. The molecule has 0 fully saturated rings. The normalized spacial score (nSPS) is 10.4. The molecule has 0 aliphatic carbocycles. The van der Waals surface area contributed by atoms with Gasteiger partial charge in [-0.15, -0.1) is 0 Å². The molecule has 4 heteroatoms. The zero-order chi connectivity index (χ0) is 9.97. The number of hydrogen-bond acceptors (Lipinski definition) is 3. The summed E-state index contributed by atoms with van der Waals surface area (Å²) < 4.78 is 6.67. The first-order valence-corrected chi connectivity index (χ1v) is 4.30. The quantitative estimate of drug-likeness (QED) is 0.688. The van der Waals surface area contributed by atoms with Gasteiger partial charge in [-0.3, -0.25) is 9.48 Å². The molecule has 2 rings (SSSR count). The molecule has 0 aromatic carbocycles. The van der Waals surface area contributed by atoms with Crippen LogP contribution in [0.4, 0.5) is 0 Å². The highest BCUT2D eigenvalue weighted by Crippen LogP contribution is 2.06. The van der Waals surface area contributed by atoms with Crippen LogP contribution in [-0.2, 0) is 13.5 Å². The van der Waals surface area contributed by atoms with E-state index in [1.54, 1.807) is 23.0 Å². The number of ketones is 1. The Kier molecular flexibility index (Phi) is 2.18. The number of carbonyl (C=O) groups is 1. The van der Waals surface area contributed by atoms with E-state index in [-0.39, 0.29) is 5.78 Å². The molecule has 2 heterocycles. The minimum absolute atomic E-state index is 0.0250. The van der Waals surface area contributed by atoms with E-state index in [2.05, 4.69) is 5.10 Å². The van der Waals surface area contributed by atoms with Crippen LogP contribution in [0.2, 0.25) is 0 Å². The van der Waals surface area contributed by atoms with Crippen LogP contribution in [0.3, 0.4) is 0 Å². The van der Waals surface area contributed by atoms with Crippen LogP contribution in [0.25, 0.3) is 0 Å². The third-order valence-electron chi connectivity index (χ3n) is 1.92. The number of aromatic nitrogens is 2. The maximum absolute atomic E-state index is 11.6. The molecule has 0 saturated carbocycles. The third kappa shape index (κ3) is 1.74. The van der Waals surface area contributed by atoms with Gasteiger partial charge in [-0.1, -0.05) is 0 Å². The fourth-order valence-corrected chi connectivity index (χ4v) is 1.27. The van der Waals surface area contributed by atoms with Crippen molar-refractivity contribution < 1.29 is 9.21 Å². The lowest BCUT2D eigenvalue weighted by atomic mass is 10.1. The molecule has 0 radical (unpaired) electrons. The van der Waals surface area contributed by atoms with E-state index < -0.39 is 0 Å². The standard InChI is InChI=1S/C10H10N2O2/c1-12-7-8(6-11-12)5-9(13)10-3-2-4-14-10/h2-4,6-7H,5H2,1H3. The number of rotatable bonds is 3. The second-order valence-corrected chi connectivity index (χ2v) is 3.10. The van der Waals surface area contributed by atoms with Gasteiger partial charge in [-0.2, -0.15) is 5.10 Å². The maximum Gasteiger partial charge on any atom is 0.202 e. The Morgan fingerprint density at radius 2 is 2.50 bits per heavy atom. The van der Waals surface area contributed by atoms with Crippen molar-refractivity contribution in [3.05, 3.63) is 42.1 Å². The maximum atomic E-state index is 11.6. The Morgan fingerprint density at radius 3 is 3.07 bits per heavy atom. The van der Waals surface area contributed by atoms with Crippen molar-refractivity contribution in [3.63, 3.8) is 0 Å². The molecule has 0 atom stereocenters. The lowest BCUT2D eigenvalue weighted by Gasteiger charge is -1.92. The minimum atomic E-state index is -0.0250. The van der Waals surface area contributed by atoms with Crippen molar-refractivity contribution in [3.8, 4) is 0 Å². The van der Waals surface area contributed by atoms with Crippen LogP contribution >= 0.6 is 0 Å². The Balaban J connectivity index is 2.09. The Labute approximate surface area is 81.1 Å². The van der Waals surface area contributed by atoms with Gasteiger partial charge in [0.2, 0.25) is 5.78 Å². The summed E-state index contributed by atoms with van der Waals surface area (Å²) in [6.07, 6.45) is 5.33. The molecule has 0 bridgehead atoms. The summed E-state index contributed by atoms with van der Waals surface area (Å²) >= 11 is 0. The van der Waals surface area contributed by atoms with Gasteiger partial charge >= 0.3 is 0 Å². The van der Waals surface area contributed by atoms with Crippen LogP contribution in [0.15, 0.2) is 35.2 Å². The third-order valence-corrected chi connectivity index (χ3v) is 1.92. The summed E-state index contributed by atoms with van der Waals surface area (Å²) in [6.45, 7) is 0. The number of aryl methyl sites for hydroxylation is 1. The molecule has 0 aliphatic rings. The zero-order valence-electron chi connectivity index (χ0n) is 7.80. The molecule has 0 saturated heterocycles. The summed E-state index contributed by atoms with van der Waals surface area (Å²) in [5.74, 6) is 0.372. The van der Waals surface area contributed by atoms with E-state index in [0.29, 0.717) is 12.2 Å². The number of nitrogens with zero attached hydrogens (tertiary/aromatic N) is 2. The first kappa shape index (κ1) is 8.74. The average Bonchev–Trinajstić information content (AvgIpc) is 2.75. The van der Waals surface area contributed by atoms with E-state index in [4.69, 9.17) is 4.42 Å². The molecule has 0 amide bonds. The number of Topliss-reactive ketones (excluding diaryl/α,β-unsaturated/α-hetero) is 1. The monoisotopic (exact) mass is 190 g/mol. The smallest absolute Gasteiger partial charge is 0.202 e. The van der Waals surface area contributed by atoms with Gasteiger partial charge in [0, 0.05) is 19.7 Å². The molecule has 4 nitrogen and oxygen atoms in total. The predicted octanol–water partition coefficient (Wildman–Crippen LogP) is 1.44. The second kappa shape index (κ2) is 3.49. The highest BCUT2D eigenvalue weighted by Gasteiger charge is 2.10. The van der Waals surface area contributed by atoms with Crippen LogP contribution < -0.4 is 0 Å². The lowest BCUT2D eigenvalue weighted by molar-refractivity contribution is 0.0966. The van der Waals surface area contributed by atoms with Crippen molar-refractivity contribution in [1.82, 2.24) is 9.78 Å². The Hall–Kier alpha value is -1.84. The van der Waals surface area contributed by atoms with Gasteiger partial charge in [0.05, 0.1) is 12.5 Å². The van der Waals surface area contributed by atoms with Crippen molar-refractivity contribution >= 4 is 5.78 Å². The van der Waals surface area contributed by atoms with E-state index in [1.807, 2.05) is 13.2 Å². The Morgan fingerprint density at radius 1 is 1.64 bits per heavy atom. The van der Waals surface area contributed by atoms with E-state index in [1.165, 1.54) is 6.26 Å². The molecule has 0 N–H and O–H groups in total. The highest BCUT2D eigenvalue weighted by atomic mass is 16.3. The largest absolute Gasteiger partial charge is 0.461 e. The van der Waals surface area contributed by atoms with Gasteiger partial charge in [-0.05, 0) is 17.7 Å². The summed E-state index contributed by atoms with van der Waals surface area (Å²) in [7, 11) is 1.82. The summed E-state index contributed by atoms with van der Waals surface area (Å²) in [5, 5.41) is 3.98. The van der Waals surface area contributed by atoms with Crippen LogP contribution in [0.1, 0.15) is 16.1 Å². The highest BCUT2D eigenvalue weighted by molar-refractivity contribution is 5.94. The molecule has 0 aliphatic heterocycles. The first-order valence-electron chi connectivity index (χ1n) is 4.30. The first-order chi connectivity index (χ1) is 6.75. The SMILES string of the molecule is Cn1cc(CC(=O)c2ccco2)cn1. The fraction of sp³-hybridized carbons (Fsp3) is 0.200. The zero-order valence-corrected chi connectivity index (χ0v) is 7.80. The fourth-order valence-electron chi connectivity index (χ4n) is 1.27. The molecule has 0 unspecified atom stereocenters. The van der Waals surface area contributed by atoms with Gasteiger partial charge in [0.15, 0.2) is 5.76 Å². The van der Waals surface area contributed by atoms with E-state index >= 15 is 0 Å². The topological polar surface area (TPSA) is 48.0 Å². The molecular weight excluding hydrogens is 180 g/mol. The average molecular weight is 190 g/mol. The number of hydrogen-bond donors (Lipinski definition) is 0. The van der Waals surface area contributed by atoms with Crippen LogP contribution in [0, 0.1) is 0 Å². The summed E-state index contributed by atoms with van der Waals surface area (Å²) in [5.41, 5.74) is 0.897. The lowest BCUT2D eigenvalue weighted by Crippen LogP contribution is -2.00. The number of furan rings is 1. The summed E-state index contributed by atoms with van der Waals surface area (Å²) in [6, 6.07) is 3.37. The van der Waals surface area contributed by atoms with Crippen molar-refractivity contribution in [1.29, 1.82) is 0 Å². The Bertz CT molecular complexity index is 429. The van der Waals surface area contributed by atoms with E-state index in [0.717, 1.165) is 5.56 Å².